The molecule has 0 rings (SSSR count). The molecule has 0 aromatic heterocycles. The Hall–Kier alpha value is -0.410. The second-order valence-corrected chi connectivity index (χ2v) is 4.19. The molecule has 0 aliphatic heterocycles. The van der Waals surface area contributed by atoms with Gasteiger partial charge in [-0.25, -0.2) is 0 Å². The molecule has 0 aliphatic rings. The molecule has 0 unspecified atom stereocenters. The Labute approximate surface area is 79.8 Å². The summed E-state index contributed by atoms with van der Waals surface area (Å²) in [5, 5.41) is 17.9. The van der Waals surface area contributed by atoms with Gasteiger partial charge in [0, 0.05) is 19.3 Å². The van der Waals surface area contributed by atoms with Crippen LogP contribution in [-0.2, 0) is 4.79 Å². The third kappa shape index (κ3) is 9.50. The van der Waals surface area contributed by atoms with Gasteiger partial charge in [-0.15, -0.1) is 0 Å². The molecule has 0 radical (unpaired) electrons. The van der Waals surface area contributed by atoms with E-state index in [1.165, 1.54) is 6.92 Å². The number of carbonyl (C=O) groups is 1. The van der Waals surface area contributed by atoms with E-state index in [-0.39, 0.29) is 18.6 Å². The number of Topliss-reactive ketones (excluding diaryl/α,β-unsaturated/α-hetero) is 1. The second kappa shape index (κ2) is 5.35. The van der Waals surface area contributed by atoms with Crippen molar-refractivity contribution in [3.05, 3.63) is 0 Å². The Kier molecular flexibility index (Phi) is 5.18. The van der Waals surface area contributed by atoms with Crippen LogP contribution >= 0.6 is 0 Å². The lowest BCUT2D eigenvalue weighted by Crippen LogP contribution is -2.23. The van der Waals surface area contributed by atoms with Crippen LogP contribution in [0.5, 0.6) is 0 Å². The predicted molar refractivity (Wildman–Crippen MR) is 51.2 cm³/mol. The van der Waals surface area contributed by atoms with Gasteiger partial charge >= 0.3 is 0 Å². The van der Waals surface area contributed by atoms with Gasteiger partial charge < -0.3 is 10.2 Å². The fourth-order valence-corrected chi connectivity index (χ4v) is 0.951. The summed E-state index contributed by atoms with van der Waals surface area (Å²) in [4.78, 5) is 11.2. The molecule has 0 spiro atoms. The number of ketones is 1. The Morgan fingerprint density at radius 2 is 1.85 bits per heavy atom. The fraction of sp³-hybridized carbons (Fsp3) is 0.900. The van der Waals surface area contributed by atoms with Gasteiger partial charge in [-0.3, -0.25) is 4.79 Å². The van der Waals surface area contributed by atoms with Gasteiger partial charge in [0.1, 0.15) is 5.78 Å². The quantitative estimate of drug-likeness (QED) is 0.621. The van der Waals surface area contributed by atoms with Gasteiger partial charge in [0.25, 0.3) is 0 Å². The molecule has 0 atom stereocenters. The highest BCUT2D eigenvalue weighted by molar-refractivity contribution is 5.78. The van der Waals surface area contributed by atoms with E-state index in [2.05, 4.69) is 13.8 Å². The van der Waals surface area contributed by atoms with Crippen LogP contribution in [0.15, 0.2) is 0 Å². The minimum atomic E-state index is -1.70. The Balaban J connectivity index is 3.53. The fourth-order valence-electron chi connectivity index (χ4n) is 0.951. The molecule has 13 heavy (non-hydrogen) atoms. The monoisotopic (exact) mass is 188 g/mol. The Bertz CT molecular complexity index is 156. The van der Waals surface area contributed by atoms with Crippen LogP contribution in [0.2, 0.25) is 0 Å². The highest BCUT2D eigenvalue weighted by Gasteiger charge is 2.16. The van der Waals surface area contributed by atoms with Crippen LogP contribution < -0.4 is 0 Å². The molecule has 3 nitrogen and oxygen atoms in total. The smallest absolute Gasteiger partial charge is 0.160 e. The van der Waals surface area contributed by atoms with Crippen LogP contribution in [0.1, 0.15) is 46.5 Å². The average molecular weight is 188 g/mol. The van der Waals surface area contributed by atoms with Gasteiger partial charge in [-0.05, 0) is 19.3 Å². The maximum Gasteiger partial charge on any atom is 0.160 e. The van der Waals surface area contributed by atoms with Crippen molar-refractivity contribution in [1.82, 2.24) is 0 Å². The van der Waals surface area contributed by atoms with Crippen LogP contribution in [0, 0.1) is 5.92 Å². The molecular formula is C10H20O3. The third-order valence-electron chi connectivity index (χ3n) is 1.88. The summed E-state index contributed by atoms with van der Waals surface area (Å²) in [5.74, 6) is -1.06. The zero-order chi connectivity index (χ0) is 10.5. The van der Waals surface area contributed by atoms with E-state index in [0.29, 0.717) is 12.3 Å². The van der Waals surface area contributed by atoms with E-state index in [1.54, 1.807) is 0 Å². The lowest BCUT2D eigenvalue weighted by Gasteiger charge is -2.14. The first kappa shape index (κ1) is 12.6. The highest BCUT2D eigenvalue weighted by atomic mass is 16.5. The number of aliphatic hydroxyl groups is 2. The largest absolute Gasteiger partial charge is 0.366 e. The van der Waals surface area contributed by atoms with Crippen molar-refractivity contribution in [3.63, 3.8) is 0 Å². The van der Waals surface area contributed by atoms with E-state index in [9.17, 15) is 4.79 Å². The van der Waals surface area contributed by atoms with Gasteiger partial charge in [0.15, 0.2) is 5.79 Å². The Morgan fingerprint density at radius 1 is 1.31 bits per heavy atom. The van der Waals surface area contributed by atoms with E-state index < -0.39 is 5.79 Å². The summed E-state index contributed by atoms with van der Waals surface area (Å²) in [6.45, 7) is 5.42. The van der Waals surface area contributed by atoms with E-state index in [0.717, 1.165) is 6.42 Å². The van der Waals surface area contributed by atoms with Crippen molar-refractivity contribution in [2.45, 2.75) is 52.2 Å². The molecule has 0 aromatic rings. The first-order chi connectivity index (χ1) is 5.81. The zero-order valence-corrected chi connectivity index (χ0v) is 8.71. The molecular weight excluding hydrogens is 168 g/mol. The topological polar surface area (TPSA) is 57.5 Å². The van der Waals surface area contributed by atoms with Crippen molar-refractivity contribution in [2.24, 2.45) is 5.92 Å². The summed E-state index contributed by atoms with van der Waals surface area (Å²) in [6, 6.07) is 0. The minimum Gasteiger partial charge on any atom is -0.366 e. The van der Waals surface area contributed by atoms with Crippen molar-refractivity contribution in [1.29, 1.82) is 0 Å². The lowest BCUT2D eigenvalue weighted by atomic mass is 10.0. The van der Waals surface area contributed by atoms with E-state index in [4.69, 9.17) is 10.2 Å². The van der Waals surface area contributed by atoms with E-state index in [1.807, 2.05) is 0 Å². The molecule has 3 heteroatoms. The first-order valence-electron chi connectivity index (χ1n) is 4.77. The molecule has 2 N–H and O–H groups in total. The molecule has 0 amide bonds. The summed E-state index contributed by atoms with van der Waals surface area (Å²) >= 11 is 0. The van der Waals surface area contributed by atoms with Crippen molar-refractivity contribution >= 4 is 5.78 Å². The van der Waals surface area contributed by atoms with Gasteiger partial charge in [-0.2, -0.15) is 0 Å². The molecule has 0 fully saturated rings. The molecule has 0 bridgehead atoms. The van der Waals surface area contributed by atoms with Crippen LogP contribution in [-0.4, -0.2) is 21.8 Å². The predicted octanol–water partition coefficient (Wildman–Crippen LogP) is 1.47. The van der Waals surface area contributed by atoms with Crippen LogP contribution in [0.4, 0.5) is 0 Å². The Morgan fingerprint density at radius 3 is 2.23 bits per heavy atom. The lowest BCUT2D eigenvalue weighted by molar-refractivity contribution is -0.154. The second-order valence-electron chi connectivity index (χ2n) is 4.19. The van der Waals surface area contributed by atoms with Gasteiger partial charge in [0.05, 0.1) is 0 Å². The summed E-state index contributed by atoms with van der Waals surface area (Å²) < 4.78 is 0. The number of hydrogen-bond donors (Lipinski definition) is 2. The van der Waals surface area contributed by atoms with Crippen LogP contribution in [0.3, 0.4) is 0 Å². The van der Waals surface area contributed by atoms with Crippen molar-refractivity contribution in [3.8, 4) is 0 Å². The molecule has 0 saturated carbocycles. The van der Waals surface area contributed by atoms with E-state index >= 15 is 0 Å². The summed E-state index contributed by atoms with van der Waals surface area (Å²) in [5.41, 5.74) is 0. The number of rotatable bonds is 6. The number of carbonyl (C=O) groups excluding carboxylic acids is 1. The average Bonchev–Trinajstić information content (AvgIpc) is 1.95. The minimum absolute atomic E-state index is 0.114. The van der Waals surface area contributed by atoms with Gasteiger partial charge in [0.2, 0.25) is 0 Å². The highest BCUT2D eigenvalue weighted by Crippen LogP contribution is 2.11. The third-order valence-corrected chi connectivity index (χ3v) is 1.88. The first-order valence-corrected chi connectivity index (χ1v) is 4.77. The van der Waals surface area contributed by atoms with Crippen molar-refractivity contribution in [2.75, 3.05) is 0 Å². The van der Waals surface area contributed by atoms with Crippen molar-refractivity contribution < 1.29 is 15.0 Å². The van der Waals surface area contributed by atoms with Gasteiger partial charge in [-0.1, -0.05) is 13.8 Å². The number of hydrogen-bond acceptors (Lipinski definition) is 3. The molecule has 0 heterocycles. The SMILES string of the molecule is CC(C)CCC(=O)CCC(C)(O)O. The zero-order valence-electron chi connectivity index (χ0n) is 8.71. The maximum absolute atomic E-state index is 11.2. The molecule has 0 aliphatic carbocycles. The molecule has 0 saturated heterocycles. The summed E-state index contributed by atoms with van der Waals surface area (Å²) in [6.07, 6.45) is 1.82. The molecule has 0 aromatic carbocycles. The maximum atomic E-state index is 11.2. The normalized spacial score (nSPS) is 12.2. The standard InChI is InChI=1S/C10H20O3/c1-8(2)4-5-9(11)6-7-10(3,12)13/h8,12-13H,4-7H2,1-3H3. The van der Waals surface area contributed by atoms with Crippen LogP contribution in [0.25, 0.3) is 0 Å². The summed E-state index contributed by atoms with van der Waals surface area (Å²) in [7, 11) is 0. The molecule has 78 valence electrons.